The summed E-state index contributed by atoms with van der Waals surface area (Å²) in [5, 5.41) is 0. The van der Waals surface area contributed by atoms with Crippen LogP contribution >= 0.6 is 12.2 Å². The van der Waals surface area contributed by atoms with E-state index < -0.39 is 0 Å². The zero-order valence-corrected chi connectivity index (χ0v) is 13.8. The zero-order chi connectivity index (χ0) is 15.6. The summed E-state index contributed by atoms with van der Waals surface area (Å²) in [6.45, 7) is 8.53. The number of thiocarbonyl (C=S) groups is 1. The molecule has 2 nitrogen and oxygen atoms in total. The van der Waals surface area contributed by atoms with Gasteiger partial charge in [-0.05, 0) is 41.7 Å². The van der Waals surface area contributed by atoms with E-state index in [1.54, 1.807) is 0 Å². The summed E-state index contributed by atoms with van der Waals surface area (Å²) < 4.78 is 6.07. The van der Waals surface area contributed by atoms with Crippen molar-refractivity contribution < 1.29 is 4.74 Å². The highest BCUT2D eigenvalue weighted by Gasteiger charge is 2.15. The van der Waals surface area contributed by atoms with Gasteiger partial charge < -0.3 is 10.5 Å². The summed E-state index contributed by atoms with van der Waals surface area (Å²) in [6.07, 6.45) is 0. The van der Waals surface area contributed by atoms with Crippen molar-refractivity contribution in [1.29, 1.82) is 0 Å². The molecule has 0 spiro atoms. The minimum absolute atomic E-state index is 0.0805. The first-order valence-corrected chi connectivity index (χ1v) is 7.37. The Morgan fingerprint density at radius 1 is 1.10 bits per heavy atom. The van der Waals surface area contributed by atoms with Crippen molar-refractivity contribution in [2.45, 2.75) is 33.1 Å². The molecule has 0 saturated carbocycles. The second-order valence-electron chi connectivity index (χ2n) is 6.20. The number of para-hydroxylation sites is 1. The fraction of sp³-hybridized carbons (Fsp3) is 0.278. The molecule has 21 heavy (non-hydrogen) atoms. The molecular weight excluding hydrogens is 278 g/mol. The van der Waals surface area contributed by atoms with Crippen molar-refractivity contribution >= 4 is 17.2 Å². The highest BCUT2D eigenvalue weighted by Crippen LogP contribution is 2.32. The largest absolute Gasteiger partial charge is 0.456 e. The van der Waals surface area contributed by atoms with Crippen molar-refractivity contribution in [3.63, 3.8) is 0 Å². The van der Waals surface area contributed by atoms with Crippen LogP contribution in [0.25, 0.3) is 0 Å². The van der Waals surface area contributed by atoms with Crippen LogP contribution in [0.1, 0.15) is 37.5 Å². The highest BCUT2D eigenvalue weighted by molar-refractivity contribution is 7.80. The smallest absolute Gasteiger partial charge is 0.140 e. The Bertz CT molecular complexity index is 671. The quantitative estimate of drug-likeness (QED) is 0.833. The van der Waals surface area contributed by atoms with Gasteiger partial charge in [-0.1, -0.05) is 57.3 Å². The van der Waals surface area contributed by atoms with E-state index >= 15 is 0 Å². The number of hydrogen-bond donors (Lipinski definition) is 1. The van der Waals surface area contributed by atoms with Crippen LogP contribution in [0.2, 0.25) is 0 Å². The first-order valence-electron chi connectivity index (χ1n) is 6.97. The minimum Gasteiger partial charge on any atom is -0.456 e. The molecule has 2 aromatic rings. The van der Waals surface area contributed by atoms with Crippen molar-refractivity contribution in [2.24, 2.45) is 5.73 Å². The van der Waals surface area contributed by atoms with Crippen molar-refractivity contribution in [2.75, 3.05) is 0 Å². The average molecular weight is 299 g/mol. The fourth-order valence-corrected chi connectivity index (χ4v) is 2.29. The van der Waals surface area contributed by atoms with E-state index in [0.717, 1.165) is 22.6 Å². The Labute approximate surface area is 131 Å². The highest BCUT2D eigenvalue weighted by atomic mass is 32.1. The van der Waals surface area contributed by atoms with Gasteiger partial charge in [0.25, 0.3) is 0 Å². The molecule has 2 N–H and O–H groups in total. The first kappa shape index (κ1) is 15.5. The van der Waals surface area contributed by atoms with Gasteiger partial charge in [0.15, 0.2) is 0 Å². The van der Waals surface area contributed by atoms with Gasteiger partial charge in [0.2, 0.25) is 0 Å². The van der Waals surface area contributed by atoms with Crippen LogP contribution in [0.3, 0.4) is 0 Å². The molecule has 0 aliphatic heterocycles. The Hall–Kier alpha value is -1.87. The molecule has 110 valence electrons. The molecule has 2 aromatic carbocycles. The van der Waals surface area contributed by atoms with E-state index in [9.17, 15) is 0 Å². The van der Waals surface area contributed by atoms with Gasteiger partial charge in [0.05, 0.1) is 5.56 Å². The third-order valence-corrected chi connectivity index (χ3v) is 3.62. The number of ether oxygens (including phenoxy) is 1. The predicted octanol–water partition coefficient (Wildman–Crippen LogP) is 4.72. The molecule has 0 saturated heterocycles. The van der Waals surface area contributed by atoms with Gasteiger partial charge in [-0.2, -0.15) is 0 Å². The van der Waals surface area contributed by atoms with E-state index in [-0.39, 0.29) is 5.41 Å². The van der Waals surface area contributed by atoms with Gasteiger partial charge in [-0.3, -0.25) is 0 Å². The lowest BCUT2D eigenvalue weighted by Crippen LogP contribution is -2.12. The maximum absolute atomic E-state index is 6.07. The summed E-state index contributed by atoms with van der Waals surface area (Å²) in [5.41, 5.74) is 8.88. The summed E-state index contributed by atoms with van der Waals surface area (Å²) in [4.78, 5) is 0.348. The van der Waals surface area contributed by atoms with E-state index in [4.69, 9.17) is 22.7 Å². The van der Waals surface area contributed by atoms with E-state index in [1.807, 2.05) is 37.3 Å². The molecule has 0 heterocycles. The molecule has 0 radical (unpaired) electrons. The average Bonchev–Trinajstić information content (AvgIpc) is 2.40. The standard InChI is InChI=1S/C18H21NOS/c1-12-7-5-10-15(17(19)21)16(12)20-14-9-6-8-13(11-14)18(2,3)4/h5-11H,1-4H3,(H2,19,21). The second-order valence-corrected chi connectivity index (χ2v) is 6.64. The maximum Gasteiger partial charge on any atom is 0.140 e. The molecule has 0 atom stereocenters. The van der Waals surface area contributed by atoms with Crippen molar-refractivity contribution in [3.05, 3.63) is 59.2 Å². The maximum atomic E-state index is 6.07. The van der Waals surface area contributed by atoms with Crippen LogP contribution < -0.4 is 10.5 Å². The summed E-state index contributed by atoms with van der Waals surface area (Å²) in [5.74, 6) is 1.53. The van der Waals surface area contributed by atoms with E-state index in [0.29, 0.717) is 4.99 Å². The number of rotatable bonds is 3. The number of hydrogen-bond acceptors (Lipinski definition) is 2. The van der Waals surface area contributed by atoms with Crippen molar-refractivity contribution in [1.82, 2.24) is 0 Å². The molecule has 0 amide bonds. The Balaban J connectivity index is 2.42. The van der Waals surface area contributed by atoms with Crippen LogP contribution in [0, 0.1) is 6.92 Å². The van der Waals surface area contributed by atoms with Gasteiger partial charge in [0, 0.05) is 0 Å². The Morgan fingerprint density at radius 3 is 2.38 bits per heavy atom. The molecule has 0 aromatic heterocycles. The molecule has 0 fully saturated rings. The van der Waals surface area contributed by atoms with Crippen LogP contribution in [-0.4, -0.2) is 4.99 Å². The number of nitrogens with two attached hydrogens (primary N) is 1. The molecule has 2 rings (SSSR count). The van der Waals surface area contributed by atoms with Gasteiger partial charge in [-0.15, -0.1) is 0 Å². The van der Waals surface area contributed by atoms with Crippen LogP contribution in [0.15, 0.2) is 42.5 Å². The number of aryl methyl sites for hydroxylation is 1. The van der Waals surface area contributed by atoms with Gasteiger partial charge >= 0.3 is 0 Å². The Kier molecular flexibility index (Phi) is 4.33. The van der Waals surface area contributed by atoms with Gasteiger partial charge in [-0.25, -0.2) is 0 Å². The lowest BCUT2D eigenvalue weighted by atomic mass is 9.87. The lowest BCUT2D eigenvalue weighted by molar-refractivity contribution is 0.474. The van der Waals surface area contributed by atoms with Crippen LogP contribution in [0.5, 0.6) is 11.5 Å². The fourth-order valence-electron chi connectivity index (χ4n) is 2.13. The third kappa shape index (κ3) is 3.61. The normalized spacial score (nSPS) is 11.2. The number of benzene rings is 2. The van der Waals surface area contributed by atoms with E-state index in [1.165, 1.54) is 5.56 Å². The molecule has 0 bridgehead atoms. The zero-order valence-electron chi connectivity index (χ0n) is 12.9. The van der Waals surface area contributed by atoms with Gasteiger partial charge in [0.1, 0.15) is 16.5 Å². The summed E-state index contributed by atoms with van der Waals surface area (Å²) in [7, 11) is 0. The first-order chi connectivity index (χ1) is 9.79. The summed E-state index contributed by atoms with van der Waals surface area (Å²) in [6, 6.07) is 13.9. The summed E-state index contributed by atoms with van der Waals surface area (Å²) >= 11 is 5.11. The monoisotopic (exact) mass is 299 g/mol. The third-order valence-electron chi connectivity index (χ3n) is 3.40. The lowest BCUT2D eigenvalue weighted by Gasteiger charge is -2.20. The molecule has 0 aliphatic rings. The SMILES string of the molecule is Cc1cccc(C(N)=S)c1Oc1cccc(C(C)(C)C)c1. The van der Waals surface area contributed by atoms with Crippen LogP contribution in [0.4, 0.5) is 0 Å². The Morgan fingerprint density at radius 2 is 1.76 bits per heavy atom. The predicted molar refractivity (Wildman–Crippen MR) is 92.3 cm³/mol. The second kappa shape index (κ2) is 5.86. The minimum atomic E-state index is 0.0805. The molecule has 0 aliphatic carbocycles. The molecular formula is C18H21NOS. The van der Waals surface area contributed by atoms with Crippen LogP contribution in [-0.2, 0) is 5.41 Å². The molecule has 0 unspecified atom stereocenters. The molecule has 3 heteroatoms. The van der Waals surface area contributed by atoms with E-state index in [2.05, 4.69) is 32.9 Å². The topological polar surface area (TPSA) is 35.2 Å². The van der Waals surface area contributed by atoms with Crippen molar-refractivity contribution in [3.8, 4) is 11.5 Å².